The van der Waals surface area contributed by atoms with E-state index in [9.17, 15) is 13.2 Å². The van der Waals surface area contributed by atoms with E-state index in [2.05, 4.69) is 10.0 Å². The molecular formula is C15H21N3O3S. The van der Waals surface area contributed by atoms with Gasteiger partial charge < -0.3 is 10.2 Å². The number of carbonyl (C=O) groups excluding carboxylic acids is 1. The van der Waals surface area contributed by atoms with Crippen molar-refractivity contribution in [1.29, 1.82) is 0 Å². The minimum Gasteiger partial charge on any atom is -0.310 e. The second-order valence-corrected chi connectivity index (χ2v) is 7.63. The smallest absolute Gasteiger partial charge is 0.244 e. The highest BCUT2D eigenvalue weighted by atomic mass is 32.2. The summed E-state index contributed by atoms with van der Waals surface area (Å²) in [5, 5.41) is 3.26. The normalized spacial score (nSPS) is 21.7. The fourth-order valence-electron chi connectivity index (χ4n) is 3.12. The quantitative estimate of drug-likeness (QED) is 0.855. The lowest BCUT2D eigenvalue weighted by Gasteiger charge is -2.27. The Kier molecular flexibility index (Phi) is 4.20. The van der Waals surface area contributed by atoms with E-state index < -0.39 is 10.0 Å². The van der Waals surface area contributed by atoms with Crippen LogP contribution in [0, 0.1) is 0 Å². The Morgan fingerprint density at radius 3 is 2.86 bits per heavy atom. The molecule has 2 N–H and O–H groups in total. The molecule has 2 aliphatic heterocycles. The van der Waals surface area contributed by atoms with Crippen LogP contribution in [-0.4, -0.2) is 40.5 Å². The molecule has 22 heavy (non-hydrogen) atoms. The van der Waals surface area contributed by atoms with Gasteiger partial charge in [0, 0.05) is 12.2 Å². The van der Waals surface area contributed by atoms with Crippen molar-refractivity contribution in [2.75, 3.05) is 25.0 Å². The fraction of sp³-hybridized carbons (Fsp3) is 0.533. The van der Waals surface area contributed by atoms with Gasteiger partial charge in [-0.2, -0.15) is 0 Å². The first-order chi connectivity index (χ1) is 10.5. The number of sulfonamides is 1. The SMILES string of the molecule is CNS(=O)(=O)c1ccc2c(c1)N(C(=O)C1CCCCN1)CC2. The first-order valence-electron chi connectivity index (χ1n) is 7.64. The second kappa shape index (κ2) is 5.98. The number of piperidine rings is 1. The molecular weight excluding hydrogens is 302 g/mol. The highest BCUT2D eigenvalue weighted by molar-refractivity contribution is 7.89. The lowest BCUT2D eigenvalue weighted by molar-refractivity contribution is -0.121. The molecule has 1 atom stereocenters. The maximum absolute atomic E-state index is 12.7. The molecule has 0 bridgehead atoms. The van der Waals surface area contributed by atoms with E-state index in [4.69, 9.17) is 0 Å². The summed E-state index contributed by atoms with van der Waals surface area (Å²) in [6, 6.07) is 4.86. The Morgan fingerprint density at radius 2 is 2.18 bits per heavy atom. The third-order valence-corrected chi connectivity index (χ3v) is 5.82. The van der Waals surface area contributed by atoms with Crippen LogP contribution in [0.3, 0.4) is 0 Å². The van der Waals surface area contributed by atoms with E-state index >= 15 is 0 Å². The van der Waals surface area contributed by atoms with E-state index in [1.165, 1.54) is 7.05 Å². The molecule has 0 spiro atoms. The number of anilines is 1. The third-order valence-electron chi connectivity index (χ3n) is 4.41. The zero-order chi connectivity index (χ0) is 15.7. The summed E-state index contributed by atoms with van der Waals surface area (Å²) in [6.45, 7) is 1.49. The van der Waals surface area contributed by atoms with Crippen molar-refractivity contribution >= 4 is 21.6 Å². The van der Waals surface area contributed by atoms with Crippen LogP contribution in [0.1, 0.15) is 24.8 Å². The van der Waals surface area contributed by atoms with E-state index in [0.717, 1.165) is 43.5 Å². The summed E-state index contributed by atoms with van der Waals surface area (Å²) in [4.78, 5) is 14.6. The van der Waals surface area contributed by atoms with Crippen LogP contribution in [0.15, 0.2) is 23.1 Å². The van der Waals surface area contributed by atoms with Crippen LogP contribution in [0.4, 0.5) is 5.69 Å². The summed E-state index contributed by atoms with van der Waals surface area (Å²) in [5.41, 5.74) is 1.76. The Morgan fingerprint density at radius 1 is 1.36 bits per heavy atom. The van der Waals surface area contributed by atoms with E-state index in [1.54, 1.807) is 23.1 Å². The molecule has 2 aliphatic rings. The van der Waals surface area contributed by atoms with Crippen molar-refractivity contribution in [3.05, 3.63) is 23.8 Å². The predicted molar refractivity (Wildman–Crippen MR) is 84.4 cm³/mol. The van der Waals surface area contributed by atoms with Crippen molar-refractivity contribution in [2.45, 2.75) is 36.6 Å². The van der Waals surface area contributed by atoms with Gasteiger partial charge in [0.15, 0.2) is 0 Å². The zero-order valence-corrected chi connectivity index (χ0v) is 13.4. The number of nitrogens with one attached hydrogen (secondary N) is 2. The second-order valence-electron chi connectivity index (χ2n) is 5.74. The summed E-state index contributed by atoms with van der Waals surface area (Å²) in [5.74, 6) is 0.0532. The van der Waals surface area contributed by atoms with E-state index in [1.807, 2.05) is 0 Å². The van der Waals surface area contributed by atoms with Gasteiger partial charge >= 0.3 is 0 Å². The lowest BCUT2D eigenvalue weighted by atomic mass is 10.0. The number of amides is 1. The van der Waals surface area contributed by atoms with Gasteiger partial charge in [-0.3, -0.25) is 4.79 Å². The zero-order valence-electron chi connectivity index (χ0n) is 12.6. The minimum atomic E-state index is -3.50. The molecule has 7 heteroatoms. The van der Waals surface area contributed by atoms with Gasteiger partial charge in [-0.25, -0.2) is 13.1 Å². The highest BCUT2D eigenvalue weighted by Crippen LogP contribution is 2.31. The lowest BCUT2D eigenvalue weighted by Crippen LogP contribution is -2.48. The van der Waals surface area contributed by atoms with Crippen molar-refractivity contribution in [2.24, 2.45) is 0 Å². The van der Waals surface area contributed by atoms with Gasteiger partial charge in [0.2, 0.25) is 15.9 Å². The van der Waals surface area contributed by atoms with E-state index in [-0.39, 0.29) is 16.8 Å². The average molecular weight is 323 g/mol. The molecule has 120 valence electrons. The number of carbonyl (C=O) groups is 1. The summed E-state index contributed by atoms with van der Waals surface area (Å²) < 4.78 is 26.2. The van der Waals surface area contributed by atoms with Crippen LogP contribution in [0.25, 0.3) is 0 Å². The topological polar surface area (TPSA) is 78.5 Å². The Labute approximate surface area is 130 Å². The molecule has 3 rings (SSSR count). The molecule has 1 amide bonds. The molecule has 1 fully saturated rings. The van der Waals surface area contributed by atoms with Gasteiger partial charge in [0.05, 0.1) is 10.9 Å². The van der Waals surface area contributed by atoms with Crippen molar-refractivity contribution < 1.29 is 13.2 Å². The summed E-state index contributed by atoms with van der Waals surface area (Å²) >= 11 is 0. The number of nitrogens with zero attached hydrogens (tertiary/aromatic N) is 1. The van der Waals surface area contributed by atoms with E-state index in [0.29, 0.717) is 6.54 Å². The van der Waals surface area contributed by atoms with Gasteiger partial charge in [-0.15, -0.1) is 0 Å². The first-order valence-corrected chi connectivity index (χ1v) is 9.12. The first kappa shape index (κ1) is 15.5. The number of benzene rings is 1. The molecule has 1 aromatic carbocycles. The Bertz CT molecular complexity index is 681. The summed E-state index contributed by atoms with van der Waals surface area (Å²) in [6.07, 6.45) is 3.77. The standard InChI is InChI=1S/C15H21N3O3S/c1-16-22(20,21)12-6-5-11-7-9-18(14(11)10-12)15(19)13-4-2-3-8-17-13/h5-6,10,13,16-17H,2-4,7-9H2,1H3. The molecule has 0 saturated carbocycles. The molecule has 1 aromatic rings. The molecule has 1 unspecified atom stereocenters. The minimum absolute atomic E-state index is 0.0532. The molecule has 0 aromatic heterocycles. The van der Waals surface area contributed by atoms with Crippen LogP contribution in [0.5, 0.6) is 0 Å². The van der Waals surface area contributed by atoms with Crippen molar-refractivity contribution in [1.82, 2.24) is 10.0 Å². The van der Waals surface area contributed by atoms with Crippen LogP contribution < -0.4 is 14.9 Å². The number of hydrogen-bond donors (Lipinski definition) is 2. The maximum atomic E-state index is 12.7. The largest absolute Gasteiger partial charge is 0.310 e. The van der Waals surface area contributed by atoms with Crippen LogP contribution in [0.2, 0.25) is 0 Å². The van der Waals surface area contributed by atoms with Gasteiger partial charge in [-0.05, 0) is 50.6 Å². The van der Waals surface area contributed by atoms with Crippen molar-refractivity contribution in [3.63, 3.8) is 0 Å². The monoisotopic (exact) mass is 323 g/mol. The Hall–Kier alpha value is -1.44. The fourth-order valence-corrected chi connectivity index (χ4v) is 3.87. The number of fused-ring (bicyclic) bond motifs is 1. The van der Waals surface area contributed by atoms with Gasteiger partial charge in [-0.1, -0.05) is 12.5 Å². The average Bonchev–Trinajstić information content (AvgIpc) is 2.98. The maximum Gasteiger partial charge on any atom is 0.244 e. The number of hydrogen-bond acceptors (Lipinski definition) is 4. The van der Waals surface area contributed by atoms with Gasteiger partial charge in [0.1, 0.15) is 0 Å². The molecule has 6 nitrogen and oxygen atoms in total. The predicted octanol–water partition coefficient (Wildman–Crippen LogP) is 0.626. The van der Waals surface area contributed by atoms with Crippen LogP contribution in [-0.2, 0) is 21.2 Å². The van der Waals surface area contributed by atoms with Gasteiger partial charge in [0.25, 0.3) is 0 Å². The Balaban J connectivity index is 1.90. The van der Waals surface area contributed by atoms with Crippen molar-refractivity contribution in [3.8, 4) is 0 Å². The molecule has 2 heterocycles. The number of rotatable bonds is 3. The van der Waals surface area contributed by atoms with Crippen LogP contribution >= 0.6 is 0 Å². The third kappa shape index (κ3) is 2.76. The molecule has 1 saturated heterocycles. The summed E-state index contributed by atoms with van der Waals surface area (Å²) in [7, 11) is -2.11. The molecule has 0 radical (unpaired) electrons. The highest BCUT2D eigenvalue weighted by Gasteiger charge is 2.31. The molecule has 0 aliphatic carbocycles.